The van der Waals surface area contributed by atoms with Gasteiger partial charge in [0.25, 0.3) is 0 Å². The van der Waals surface area contributed by atoms with Crippen LogP contribution in [0.3, 0.4) is 0 Å². The minimum atomic E-state index is -1.16. The fourth-order valence-corrected chi connectivity index (χ4v) is 1.79. The van der Waals surface area contributed by atoms with Gasteiger partial charge >= 0.3 is 5.97 Å². The number of nitrogens with one attached hydrogen (secondary N) is 2. The summed E-state index contributed by atoms with van der Waals surface area (Å²) in [7, 11) is 1.25. The van der Waals surface area contributed by atoms with Crippen LogP contribution in [0.25, 0.3) is 6.08 Å². The van der Waals surface area contributed by atoms with E-state index in [-0.39, 0.29) is 0 Å². The molecule has 6 heteroatoms. The van der Waals surface area contributed by atoms with Crippen LogP contribution in [0.2, 0.25) is 0 Å². The molecule has 0 saturated carbocycles. The maximum Gasteiger partial charge on any atom is 0.330 e. The summed E-state index contributed by atoms with van der Waals surface area (Å²) < 4.78 is 4.61. The molecule has 0 aliphatic heterocycles. The number of benzene rings is 1. The van der Waals surface area contributed by atoms with E-state index in [0.29, 0.717) is 0 Å². The lowest BCUT2D eigenvalue weighted by Gasteiger charge is -2.25. The van der Waals surface area contributed by atoms with Crippen molar-refractivity contribution in [3.05, 3.63) is 42.0 Å². The second kappa shape index (κ2) is 8.12. The van der Waals surface area contributed by atoms with Gasteiger partial charge in [-0.15, -0.1) is 0 Å². The zero-order valence-corrected chi connectivity index (χ0v) is 13.8. The van der Waals surface area contributed by atoms with Crippen molar-refractivity contribution in [2.24, 2.45) is 0 Å². The van der Waals surface area contributed by atoms with E-state index < -0.39 is 29.4 Å². The average molecular weight is 318 g/mol. The lowest BCUT2D eigenvalue weighted by Crippen LogP contribution is -2.55. The highest BCUT2D eigenvalue weighted by Crippen LogP contribution is 2.05. The standard InChI is InChI=1S/C17H22N2O4/c1-12(15(21)19-17(2,3)16(22)23-4)18-14(20)11-10-13-8-6-5-7-9-13/h5-12H,1-4H3,(H,18,20)(H,19,21)/b11-10-/t12-/m1/s1. The Morgan fingerprint density at radius 1 is 1.17 bits per heavy atom. The summed E-state index contributed by atoms with van der Waals surface area (Å²) in [5.41, 5.74) is -0.281. The molecule has 0 aliphatic carbocycles. The molecule has 0 fully saturated rings. The molecule has 2 N–H and O–H groups in total. The second-order valence-corrected chi connectivity index (χ2v) is 5.58. The fraction of sp³-hybridized carbons (Fsp3) is 0.353. The van der Waals surface area contributed by atoms with E-state index in [4.69, 9.17) is 0 Å². The van der Waals surface area contributed by atoms with E-state index in [1.807, 2.05) is 30.3 Å². The number of esters is 1. The molecule has 0 radical (unpaired) electrons. The molecule has 0 aromatic heterocycles. The number of hydrogen-bond acceptors (Lipinski definition) is 4. The molecule has 6 nitrogen and oxygen atoms in total. The Hall–Kier alpha value is -2.63. The Balaban J connectivity index is 2.56. The van der Waals surface area contributed by atoms with Crippen molar-refractivity contribution in [1.82, 2.24) is 10.6 Å². The van der Waals surface area contributed by atoms with Gasteiger partial charge in [0.1, 0.15) is 11.6 Å². The van der Waals surface area contributed by atoms with Crippen LogP contribution in [0.1, 0.15) is 26.3 Å². The SMILES string of the molecule is COC(=O)C(C)(C)NC(=O)[C@@H](C)NC(=O)/C=C\c1ccccc1. The average Bonchev–Trinajstić information content (AvgIpc) is 2.52. The Kier molecular flexibility index (Phi) is 6.50. The summed E-state index contributed by atoms with van der Waals surface area (Å²) in [5, 5.41) is 5.07. The van der Waals surface area contributed by atoms with Crippen LogP contribution in [0.5, 0.6) is 0 Å². The summed E-state index contributed by atoms with van der Waals surface area (Å²) in [4.78, 5) is 35.4. The number of ether oxygens (including phenoxy) is 1. The van der Waals surface area contributed by atoms with Crippen LogP contribution in [0, 0.1) is 0 Å². The quantitative estimate of drug-likeness (QED) is 0.611. The van der Waals surface area contributed by atoms with Gasteiger partial charge in [-0.05, 0) is 32.4 Å². The molecular formula is C17H22N2O4. The van der Waals surface area contributed by atoms with Crippen molar-refractivity contribution < 1.29 is 19.1 Å². The molecule has 1 rings (SSSR count). The van der Waals surface area contributed by atoms with Gasteiger partial charge in [-0.1, -0.05) is 30.3 Å². The topological polar surface area (TPSA) is 84.5 Å². The molecule has 1 aromatic carbocycles. The summed E-state index contributed by atoms with van der Waals surface area (Å²) >= 11 is 0. The molecule has 0 spiro atoms. The fourth-order valence-electron chi connectivity index (χ4n) is 1.79. The van der Waals surface area contributed by atoms with Crippen LogP contribution in [-0.2, 0) is 19.1 Å². The predicted octanol–water partition coefficient (Wildman–Crippen LogP) is 1.27. The van der Waals surface area contributed by atoms with Crippen molar-refractivity contribution in [2.45, 2.75) is 32.4 Å². The van der Waals surface area contributed by atoms with Gasteiger partial charge in [0.15, 0.2) is 0 Å². The van der Waals surface area contributed by atoms with Gasteiger partial charge in [-0.2, -0.15) is 0 Å². The highest BCUT2D eigenvalue weighted by atomic mass is 16.5. The summed E-state index contributed by atoms with van der Waals surface area (Å²) in [6, 6.07) is 8.54. The minimum absolute atomic E-state index is 0.396. The lowest BCUT2D eigenvalue weighted by atomic mass is 10.1. The van der Waals surface area contributed by atoms with Crippen molar-refractivity contribution in [2.75, 3.05) is 7.11 Å². The van der Waals surface area contributed by atoms with Crippen molar-refractivity contribution in [1.29, 1.82) is 0 Å². The third-order valence-electron chi connectivity index (χ3n) is 3.11. The van der Waals surface area contributed by atoms with Crippen molar-refractivity contribution in [3.8, 4) is 0 Å². The highest BCUT2D eigenvalue weighted by molar-refractivity contribution is 5.96. The Labute approximate surface area is 135 Å². The van der Waals surface area contributed by atoms with Gasteiger partial charge in [0.05, 0.1) is 7.11 Å². The number of carbonyl (C=O) groups excluding carboxylic acids is 3. The number of hydrogen-bond donors (Lipinski definition) is 2. The third-order valence-corrected chi connectivity index (χ3v) is 3.11. The Morgan fingerprint density at radius 3 is 2.35 bits per heavy atom. The lowest BCUT2D eigenvalue weighted by molar-refractivity contribution is -0.149. The molecule has 0 saturated heterocycles. The number of carbonyl (C=O) groups is 3. The monoisotopic (exact) mass is 318 g/mol. The minimum Gasteiger partial charge on any atom is -0.467 e. The second-order valence-electron chi connectivity index (χ2n) is 5.58. The summed E-state index contributed by atoms with van der Waals surface area (Å²) in [5.74, 6) is -1.43. The van der Waals surface area contributed by atoms with Gasteiger partial charge in [0, 0.05) is 6.08 Å². The number of rotatable bonds is 6. The third kappa shape index (κ3) is 5.94. The molecule has 23 heavy (non-hydrogen) atoms. The molecule has 124 valence electrons. The zero-order valence-electron chi connectivity index (χ0n) is 13.8. The van der Waals surface area contributed by atoms with Crippen molar-refractivity contribution in [3.63, 3.8) is 0 Å². The molecule has 1 atom stereocenters. The van der Waals surface area contributed by atoms with Crippen molar-refractivity contribution >= 4 is 23.9 Å². The van der Waals surface area contributed by atoms with Crippen LogP contribution in [-0.4, -0.2) is 36.5 Å². The molecule has 0 heterocycles. The first kappa shape index (κ1) is 18.4. The van der Waals surface area contributed by atoms with Gasteiger partial charge in [-0.25, -0.2) is 4.79 Å². The van der Waals surface area contributed by atoms with E-state index in [0.717, 1.165) is 5.56 Å². The molecule has 0 bridgehead atoms. The molecule has 0 aliphatic rings. The Morgan fingerprint density at radius 2 is 1.78 bits per heavy atom. The van der Waals surface area contributed by atoms with Crippen LogP contribution >= 0.6 is 0 Å². The van der Waals surface area contributed by atoms with E-state index in [1.165, 1.54) is 34.0 Å². The maximum absolute atomic E-state index is 12.0. The van der Waals surface area contributed by atoms with Gasteiger partial charge in [0.2, 0.25) is 11.8 Å². The Bertz CT molecular complexity index is 594. The highest BCUT2D eigenvalue weighted by Gasteiger charge is 2.32. The van der Waals surface area contributed by atoms with Gasteiger partial charge < -0.3 is 15.4 Å². The zero-order chi connectivity index (χ0) is 17.5. The normalized spacial score (nSPS) is 12.5. The van der Waals surface area contributed by atoms with Crippen LogP contribution < -0.4 is 10.6 Å². The first-order valence-corrected chi connectivity index (χ1v) is 7.20. The number of methoxy groups -OCH3 is 1. The van der Waals surface area contributed by atoms with Crippen LogP contribution in [0.15, 0.2) is 36.4 Å². The molecule has 1 aromatic rings. The number of amides is 2. The van der Waals surface area contributed by atoms with E-state index in [9.17, 15) is 14.4 Å². The summed E-state index contributed by atoms with van der Waals surface area (Å²) in [6.07, 6.45) is 3.00. The molecule has 2 amide bonds. The molecule has 0 unspecified atom stereocenters. The summed E-state index contributed by atoms with van der Waals surface area (Å²) in [6.45, 7) is 4.60. The molecular weight excluding hydrogens is 296 g/mol. The smallest absolute Gasteiger partial charge is 0.330 e. The van der Waals surface area contributed by atoms with Gasteiger partial charge in [-0.3, -0.25) is 9.59 Å². The van der Waals surface area contributed by atoms with E-state index in [2.05, 4.69) is 15.4 Å². The first-order chi connectivity index (χ1) is 10.8. The maximum atomic E-state index is 12.0. The van der Waals surface area contributed by atoms with E-state index >= 15 is 0 Å². The largest absolute Gasteiger partial charge is 0.467 e. The van der Waals surface area contributed by atoms with Crippen LogP contribution in [0.4, 0.5) is 0 Å². The predicted molar refractivity (Wildman–Crippen MR) is 87.3 cm³/mol. The first-order valence-electron chi connectivity index (χ1n) is 7.20. The van der Waals surface area contributed by atoms with E-state index in [1.54, 1.807) is 6.08 Å².